The molecule has 0 saturated carbocycles. The van der Waals surface area contributed by atoms with Crippen LogP contribution < -0.4 is 5.32 Å². The molecule has 1 aromatic rings. The number of aryl methyl sites for hydroxylation is 1. The number of carbonyl (C=O) groups excluding carboxylic acids is 1. The van der Waals surface area contributed by atoms with E-state index in [9.17, 15) is 13.2 Å². The maximum Gasteiger partial charge on any atom is 0.235 e. The number of hydrogen-bond donors (Lipinski definition) is 1. The molecule has 0 fully saturated rings. The monoisotopic (exact) mass is 287 g/mol. The molecule has 6 heteroatoms. The second-order valence-corrected chi connectivity index (χ2v) is 6.89. The van der Waals surface area contributed by atoms with Crippen molar-refractivity contribution in [3.63, 3.8) is 0 Å². The molecule has 0 saturated heterocycles. The number of carbonyl (C=O) groups is 1. The second-order valence-electron chi connectivity index (χ2n) is 3.91. The summed E-state index contributed by atoms with van der Waals surface area (Å²) in [4.78, 5) is 11.7. The average molecular weight is 287 g/mol. The van der Waals surface area contributed by atoms with Crippen LogP contribution in [0.4, 0.5) is 0 Å². The molecular formula is C12H17NO3S2. The number of benzene rings is 1. The first-order chi connectivity index (χ1) is 8.45. The molecule has 0 heterocycles. The van der Waals surface area contributed by atoms with Crippen LogP contribution in [0, 0.1) is 6.92 Å². The average Bonchev–Trinajstić information content (AvgIpc) is 2.29. The normalized spacial score (nSPS) is 11.2. The van der Waals surface area contributed by atoms with Crippen LogP contribution in [-0.4, -0.2) is 38.6 Å². The quantitative estimate of drug-likeness (QED) is 0.800. The molecule has 0 aliphatic carbocycles. The summed E-state index contributed by atoms with van der Waals surface area (Å²) in [6.45, 7) is 2.37. The summed E-state index contributed by atoms with van der Waals surface area (Å²) >= 11 is 1.60. The maximum atomic E-state index is 11.9. The highest BCUT2D eigenvalue weighted by Crippen LogP contribution is 2.11. The molecule has 0 aliphatic rings. The lowest BCUT2D eigenvalue weighted by Crippen LogP contribution is -2.31. The van der Waals surface area contributed by atoms with Crippen LogP contribution in [0.1, 0.15) is 5.56 Å². The van der Waals surface area contributed by atoms with E-state index in [0.717, 1.165) is 11.3 Å². The molecule has 0 unspecified atom stereocenters. The van der Waals surface area contributed by atoms with Gasteiger partial charge in [-0.1, -0.05) is 17.7 Å². The van der Waals surface area contributed by atoms with Gasteiger partial charge in [0.1, 0.15) is 5.75 Å². The zero-order chi connectivity index (χ0) is 13.6. The third-order valence-corrected chi connectivity index (χ3v) is 4.57. The molecule has 1 N–H and O–H groups in total. The van der Waals surface area contributed by atoms with Crippen molar-refractivity contribution in [3.05, 3.63) is 29.8 Å². The van der Waals surface area contributed by atoms with Crippen LogP contribution in [0.2, 0.25) is 0 Å². The number of amides is 1. The van der Waals surface area contributed by atoms with E-state index in [1.165, 1.54) is 12.1 Å². The highest BCUT2D eigenvalue weighted by Gasteiger charge is 2.18. The minimum Gasteiger partial charge on any atom is -0.354 e. The van der Waals surface area contributed by atoms with Gasteiger partial charge in [-0.3, -0.25) is 4.79 Å². The Bertz CT molecular complexity index is 495. The van der Waals surface area contributed by atoms with Gasteiger partial charge in [-0.25, -0.2) is 8.42 Å². The Morgan fingerprint density at radius 3 is 2.44 bits per heavy atom. The predicted molar refractivity (Wildman–Crippen MR) is 74.6 cm³/mol. The minimum absolute atomic E-state index is 0.188. The fourth-order valence-electron chi connectivity index (χ4n) is 1.35. The van der Waals surface area contributed by atoms with Crippen LogP contribution in [0.25, 0.3) is 0 Å². The van der Waals surface area contributed by atoms with Crippen LogP contribution >= 0.6 is 11.8 Å². The molecule has 0 atom stereocenters. The molecule has 1 rings (SSSR count). The van der Waals surface area contributed by atoms with E-state index in [2.05, 4.69) is 5.32 Å². The van der Waals surface area contributed by atoms with E-state index in [1.807, 2.05) is 13.2 Å². The van der Waals surface area contributed by atoms with Crippen molar-refractivity contribution in [1.29, 1.82) is 0 Å². The second kappa shape index (κ2) is 6.80. The molecule has 100 valence electrons. The molecule has 1 amide bonds. The van der Waals surface area contributed by atoms with Gasteiger partial charge in [0.15, 0.2) is 9.84 Å². The first-order valence-electron chi connectivity index (χ1n) is 5.51. The first kappa shape index (κ1) is 15.0. The SMILES string of the molecule is CSCCNC(=O)CS(=O)(=O)c1ccc(C)cc1. The minimum atomic E-state index is -3.53. The van der Waals surface area contributed by atoms with Gasteiger partial charge in [0, 0.05) is 12.3 Å². The lowest BCUT2D eigenvalue weighted by molar-refractivity contribution is -0.118. The summed E-state index contributed by atoms with van der Waals surface area (Å²) in [5, 5.41) is 2.58. The largest absolute Gasteiger partial charge is 0.354 e. The van der Waals surface area contributed by atoms with Gasteiger partial charge in [-0.05, 0) is 25.3 Å². The molecule has 1 aromatic carbocycles. The van der Waals surface area contributed by atoms with E-state index >= 15 is 0 Å². The van der Waals surface area contributed by atoms with Gasteiger partial charge in [-0.15, -0.1) is 0 Å². The lowest BCUT2D eigenvalue weighted by Gasteiger charge is -2.06. The fourth-order valence-corrected chi connectivity index (χ4v) is 2.82. The summed E-state index contributed by atoms with van der Waals surface area (Å²) in [5.74, 6) is -0.176. The Hall–Kier alpha value is -1.01. The van der Waals surface area contributed by atoms with Crippen molar-refractivity contribution in [1.82, 2.24) is 5.32 Å². The molecular weight excluding hydrogens is 270 g/mol. The smallest absolute Gasteiger partial charge is 0.235 e. The van der Waals surface area contributed by atoms with E-state index in [-0.39, 0.29) is 4.90 Å². The Morgan fingerprint density at radius 1 is 1.28 bits per heavy atom. The Morgan fingerprint density at radius 2 is 1.89 bits per heavy atom. The lowest BCUT2D eigenvalue weighted by atomic mass is 10.2. The van der Waals surface area contributed by atoms with Gasteiger partial charge in [0.25, 0.3) is 0 Å². The standard InChI is InChI=1S/C12H17NO3S2/c1-10-3-5-11(6-4-10)18(15,16)9-12(14)13-7-8-17-2/h3-6H,7-9H2,1-2H3,(H,13,14). The van der Waals surface area contributed by atoms with E-state index in [4.69, 9.17) is 0 Å². The van der Waals surface area contributed by atoms with Crippen molar-refractivity contribution in [2.24, 2.45) is 0 Å². The third kappa shape index (κ3) is 4.70. The highest BCUT2D eigenvalue weighted by molar-refractivity contribution is 7.98. The summed E-state index contributed by atoms with van der Waals surface area (Å²) in [6.07, 6.45) is 1.93. The van der Waals surface area contributed by atoms with E-state index in [0.29, 0.717) is 6.54 Å². The van der Waals surface area contributed by atoms with Crippen LogP contribution in [0.5, 0.6) is 0 Å². The van der Waals surface area contributed by atoms with Gasteiger partial charge in [0.05, 0.1) is 4.90 Å². The number of hydrogen-bond acceptors (Lipinski definition) is 4. The summed E-state index contributed by atoms with van der Waals surface area (Å²) in [7, 11) is -3.53. The van der Waals surface area contributed by atoms with Crippen LogP contribution in [-0.2, 0) is 14.6 Å². The molecule has 0 spiro atoms. The molecule has 4 nitrogen and oxygen atoms in total. The molecule has 18 heavy (non-hydrogen) atoms. The number of thioether (sulfide) groups is 1. The van der Waals surface area contributed by atoms with Crippen molar-refractivity contribution in [2.45, 2.75) is 11.8 Å². The Labute approximate surface area is 112 Å². The molecule has 0 bridgehead atoms. The summed E-state index contributed by atoms with van der Waals surface area (Å²) in [5.41, 5.74) is 0.985. The molecule has 0 aliphatic heterocycles. The van der Waals surface area contributed by atoms with E-state index < -0.39 is 21.5 Å². The molecule has 0 aromatic heterocycles. The van der Waals surface area contributed by atoms with Crippen molar-refractivity contribution in [2.75, 3.05) is 24.3 Å². The van der Waals surface area contributed by atoms with Gasteiger partial charge in [0.2, 0.25) is 5.91 Å². The van der Waals surface area contributed by atoms with E-state index in [1.54, 1.807) is 23.9 Å². The number of nitrogens with one attached hydrogen (secondary N) is 1. The van der Waals surface area contributed by atoms with Crippen molar-refractivity contribution in [3.8, 4) is 0 Å². The summed E-state index contributed by atoms with van der Waals surface area (Å²) in [6, 6.07) is 6.50. The number of rotatable bonds is 6. The van der Waals surface area contributed by atoms with Crippen LogP contribution in [0.3, 0.4) is 0 Å². The van der Waals surface area contributed by atoms with Crippen LogP contribution in [0.15, 0.2) is 29.2 Å². The number of sulfone groups is 1. The van der Waals surface area contributed by atoms with Gasteiger partial charge in [-0.2, -0.15) is 11.8 Å². The fraction of sp³-hybridized carbons (Fsp3) is 0.417. The van der Waals surface area contributed by atoms with Crippen molar-refractivity contribution < 1.29 is 13.2 Å². The Balaban J connectivity index is 2.64. The zero-order valence-electron chi connectivity index (χ0n) is 10.5. The van der Waals surface area contributed by atoms with Gasteiger partial charge < -0.3 is 5.32 Å². The molecule has 0 radical (unpaired) electrons. The first-order valence-corrected chi connectivity index (χ1v) is 8.55. The topological polar surface area (TPSA) is 63.2 Å². The Kier molecular flexibility index (Phi) is 5.68. The third-order valence-electron chi connectivity index (χ3n) is 2.33. The summed E-state index contributed by atoms with van der Waals surface area (Å²) < 4.78 is 23.8. The van der Waals surface area contributed by atoms with Gasteiger partial charge >= 0.3 is 0 Å². The highest BCUT2D eigenvalue weighted by atomic mass is 32.2. The van der Waals surface area contributed by atoms with Crippen molar-refractivity contribution >= 4 is 27.5 Å². The predicted octanol–water partition coefficient (Wildman–Crippen LogP) is 1.25. The zero-order valence-corrected chi connectivity index (χ0v) is 12.1. The maximum absolute atomic E-state index is 11.9.